The first-order valence-electron chi connectivity index (χ1n) is 8.32. The molecule has 0 heterocycles. The maximum Gasteiger partial charge on any atom is 0.0768 e. The van der Waals surface area contributed by atoms with Crippen LogP contribution in [-0.4, -0.2) is 19.3 Å². The molecule has 0 spiro atoms. The minimum absolute atomic E-state index is 0.328. The molecule has 3 aliphatic carbocycles. The summed E-state index contributed by atoms with van der Waals surface area (Å²) in [5, 5.41) is 0. The van der Waals surface area contributed by atoms with Gasteiger partial charge in [-0.15, -0.1) is 0 Å². The highest BCUT2D eigenvalue weighted by Gasteiger charge is 2.46. The van der Waals surface area contributed by atoms with Crippen LogP contribution in [0.15, 0.2) is 0 Å². The van der Waals surface area contributed by atoms with Crippen LogP contribution in [0.25, 0.3) is 0 Å². The van der Waals surface area contributed by atoms with E-state index in [1.54, 1.807) is 0 Å². The molecule has 0 aromatic rings. The highest BCUT2D eigenvalue weighted by molar-refractivity contribution is 4.98. The van der Waals surface area contributed by atoms with Crippen LogP contribution in [0.2, 0.25) is 0 Å². The smallest absolute Gasteiger partial charge is 0.0768 e. The molecule has 2 bridgehead atoms. The Morgan fingerprint density at radius 2 is 1.84 bits per heavy atom. The number of fused-ring (bicyclic) bond motifs is 2. The van der Waals surface area contributed by atoms with Crippen molar-refractivity contribution in [2.75, 3.05) is 7.11 Å². The van der Waals surface area contributed by atoms with Crippen LogP contribution in [0.5, 0.6) is 0 Å². The van der Waals surface area contributed by atoms with Gasteiger partial charge in [-0.3, -0.25) is 11.3 Å². The molecule has 0 amide bonds. The Balaban J connectivity index is 1.68. The number of hydrazine groups is 1. The third kappa shape index (κ3) is 2.70. The highest BCUT2D eigenvalue weighted by atomic mass is 16.5. The zero-order valence-electron chi connectivity index (χ0n) is 12.3. The van der Waals surface area contributed by atoms with Crippen LogP contribution >= 0.6 is 0 Å². The van der Waals surface area contributed by atoms with Gasteiger partial charge < -0.3 is 4.74 Å². The fourth-order valence-electron chi connectivity index (χ4n) is 5.29. The van der Waals surface area contributed by atoms with Gasteiger partial charge in [0.05, 0.1) is 12.1 Å². The van der Waals surface area contributed by atoms with Crippen LogP contribution in [0.3, 0.4) is 0 Å². The molecule has 0 aliphatic heterocycles. The molecule has 3 fully saturated rings. The Hall–Kier alpha value is -0.120. The molecule has 3 aliphatic rings. The molecule has 5 atom stereocenters. The minimum atomic E-state index is 0.328. The molecule has 0 aromatic heterocycles. The van der Waals surface area contributed by atoms with Crippen molar-refractivity contribution >= 4 is 0 Å². The third-order valence-electron chi connectivity index (χ3n) is 6.19. The molecular formula is C16H30N2O. The van der Waals surface area contributed by atoms with Gasteiger partial charge in [-0.25, -0.2) is 0 Å². The van der Waals surface area contributed by atoms with E-state index < -0.39 is 0 Å². The van der Waals surface area contributed by atoms with Crippen LogP contribution in [0.1, 0.15) is 57.8 Å². The molecule has 0 aromatic carbocycles. The SMILES string of the molecule is COC(C1CCCCC1)C(NN)C1CC2CCC1C2. The molecule has 3 nitrogen and oxygen atoms in total. The normalized spacial score (nSPS) is 38.5. The molecule has 3 saturated carbocycles. The summed E-state index contributed by atoms with van der Waals surface area (Å²) in [6.45, 7) is 0. The quantitative estimate of drug-likeness (QED) is 0.594. The third-order valence-corrected chi connectivity index (χ3v) is 6.19. The summed E-state index contributed by atoms with van der Waals surface area (Å²) >= 11 is 0. The number of methoxy groups -OCH3 is 1. The molecule has 110 valence electrons. The standard InChI is InChI=1S/C16H30N2O/c1-19-16(12-5-3-2-4-6-12)15(18-17)14-10-11-7-8-13(14)9-11/h11-16,18H,2-10,17H2,1H3. The second kappa shape index (κ2) is 6.11. The first-order chi connectivity index (χ1) is 9.33. The lowest BCUT2D eigenvalue weighted by Gasteiger charge is -2.40. The summed E-state index contributed by atoms with van der Waals surface area (Å²) in [4.78, 5) is 0. The Bertz CT molecular complexity index is 290. The lowest BCUT2D eigenvalue weighted by atomic mass is 9.75. The van der Waals surface area contributed by atoms with Crippen molar-refractivity contribution in [3.8, 4) is 0 Å². The van der Waals surface area contributed by atoms with Crippen molar-refractivity contribution < 1.29 is 4.74 Å². The largest absolute Gasteiger partial charge is 0.379 e. The molecular weight excluding hydrogens is 236 g/mol. The van der Waals surface area contributed by atoms with E-state index in [9.17, 15) is 0 Å². The Morgan fingerprint density at radius 1 is 1.05 bits per heavy atom. The van der Waals surface area contributed by atoms with Gasteiger partial charge in [0.2, 0.25) is 0 Å². The summed E-state index contributed by atoms with van der Waals surface area (Å²) in [5.41, 5.74) is 3.15. The summed E-state index contributed by atoms with van der Waals surface area (Å²) in [6, 6.07) is 0.378. The van der Waals surface area contributed by atoms with Gasteiger partial charge in [-0.05, 0) is 55.8 Å². The Kier molecular flexibility index (Phi) is 4.45. The van der Waals surface area contributed by atoms with Gasteiger partial charge in [-0.2, -0.15) is 0 Å². The van der Waals surface area contributed by atoms with E-state index in [-0.39, 0.29) is 0 Å². The zero-order chi connectivity index (χ0) is 13.2. The van der Waals surface area contributed by atoms with Gasteiger partial charge >= 0.3 is 0 Å². The van der Waals surface area contributed by atoms with E-state index in [1.807, 2.05) is 7.11 Å². The molecule has 5 unspecified atom stereocenters. The summed E-state index contributed by atoms with van der Waals surface area (Å²) < 4.78 is 5.92. The van der Waals surface area contributed by atoms with E-state index in [0.717, 1.165) is 23.7 Å². The molecule has 19 heavy (non-hydrogen) atoms. The van der Waals surface area contributed by atoms with Gasteiger partial charge in [-0.1, -0.05) is 25.7 Å². The van der Waals surface area contributed by atoms with E-state index in [4.69, 9.17) is 10.6 Å². The van der Waals surface area contributed by atoms with Gasteiger partial charge in [0, 0.05) is 7.11 Å². The first-order valence-corrected chi connectivity index (χ1v) is 8.32. The van der Waals surface area contributed by atoms with Crippen LogP contribution in [-0.2, 0) is 4.74 Å². The number of hydrogen-bond donors (Lipinski definition) is 2. The molecule has 0 saturated heterocycles. The predicted octanol–water partition coefficient (Wildman–Crippen LogP) is 2.85. The van der Waals surface area contributed by atoms with Crippen molar-refractivity contribution in [3.63, 3.8) is 0 Å². The maximum atomic E-state index is 5.94. The summed E-state index contributed by atoms with van der Waals surface area (Å²) in [7, 11) is 1.89. The fourth-order valence-corrected chi connectivity index (χ4v) is 5.29. The highest BCUT2D eigenvalue weighted by Crippen LogP contribution is 2.50. The van der Waals surface area contributed by atoms with Crippen LogP contribution in [0.4, 0.5) is 0 Å². The van der Waals surface area contributed by atoms with Crippen molar-refractivity contribution in [2.24, 2.45) is 29.5 Å². The second-order valence-corrected chi connectivity index (χ2v) is 7.13. The maximum absolute atomic E-state index is 5.94. The number of nitrogens with two attached hydrogens (primary N) is 1. The lowest BCUT2D eigenvalue weighted by Crippen LogP contribution is -2.53. The fraction of sp³-hybridized carbons (Fsp3) is 1.00. The Morgan fingerprint density at radius 3 is 2.37 bits per heavy atom. The Labute approximate surface area is 117 Å². The average Bonchev–Trinajstić information content (AvgIpc) is 3.08. The molecule has 3 heteroatoms. The van der Waals surface area contributed by atoms with Crippen molar-refractivity contribution in [1.82, 2.24) is 5.43 Å². The monoisotopic (exact) mass is 266 g/mol. The number of rotatable bonds is 5. The van der Waals surface area contributed by atoms with E-state index in [1.165, 1.54) is 57.8 Å². The molecule has 3 N–H and O–H groups in total. The number of hydrogen-bond acceptors (Lipinski definition) is 3. The summed E-state index contributed by atoms with van der Waals surface area (Å²) in [5.74, 6) is 9.31. The topological polar surface area (TPSA) is 47.3 Å². The number of ether oxygens (including phenoxy) is 1. The molecule has 0 radical (unpaired) electrons. The van der Waals surface area contributed by atoms with Crippen molar-refractivity contribution in [3.05, 3.63) is 0 Å². The van der Waals surface area contributed by atoms with E-state index in [2.05, 4.69) is 5.43 Å². The van der Waals surface area contributed by atoms with Crippen LogP contribution in [0, 0.1) is 23.7 Å². The first kappa shape index (κ1) is 13.8. The average molecular weight is 266 g/mol. The van der Waals surface area contributed by atoms with Crippen molar-refractivity contribution in [2.45, 2.75) is 69.9 Å². The van der Waals surface area contributed by atoms with Gasteiger partial charge in [0.15, 0.2) is 0 Å². The number of nitrogens with one attached hydrogen (secondary N) is 1. The molecule has 3 rings (SSSR count). The van der Waals surface area contributed by atoms with E-state index >= 15 is 0 Å². The van der Waals surface area contributed by atoms with Gasteiger partial charge in [0.1, 0.15) is 0 Å². The van der Waals surface area contributed by atoms with E-state index in [0.29, 0.717) is 12.1 Å². The second-order valence-electron chi connectivity index (χ2n) is 7.13. The van der Waals surface area contributed by atoms with Crippen molar-refractivity contribution in [1.29, 1.82) is 0 Å². The minimum Gasteiger partial charge on any atom is -0.379 e. The van der Waals surface area contributed by atoms with Gasteiger partial charge in [0.25, 0.3) is 0 Å². The zero-order valence-corrected chi connectivity index (χ0v) is 12.3. The lowest BCUT2D eigenvalue weighted by molar-refractivity contribution is -0.0158. The predicted molar refractivity (Wildman–Crippen MR) is 77.4 cm³/mol. The summed E-state index contributed by atoms with van der Waals surface area (Å²) in [6.07, 6.45) is 12.9. The van der Waals surface area contributed by atoms with Crippen LogP contribution < -0.4 is 11.3 Å².